The lowest BCUT2D eigenvalue weighted by Crippen LogP contribution is -2.48. The third-order valence-electron chi connectivity index (χ3n) is 3.82. The maximum absolute atomic E-state index is 13.7. The molecule has 0 unspecified atom stereocenters. The van der Waals surface area contributed by atoms with Gasteiger partial charge in [0, 0.05) is 33.1 Å². The first-order valence-electron chi connectivity index (χ1n) is 7.36. The number of carbonyl (C=O) groups is 1. The largest absolute Gasteiger partial charge is 0.366 e. The fourth-order valence-electron chi connectivity index (χ4n) is 2.60. The third kappa shape index (κ3) is 2.95. The zero-order valence-electron chi connectivity index (χ0n) is 12.4. The Morgan fingerprint density at radius 2 is 2.45 bits per heavy atom. The number of morpholine rings is 1. The fraction of sp³-hybridized carbons (Fsp3) is 0.467. The van der Waals surface area contributed by atoms with Crippen LogP contribution in [0.4, 0.5) is 4.39 Å². The number of rotatable bonds is 4. The van der Waals surface area contributed by atoms with Crippen LogP contribution >= 0.6 is 0 Å². The quantitative estimate of drug-likeness (QED) is 0.856. The van der Waals surface area contributed by atoms with Crippen LogP contribution in [0.15, 0.2) is 18.2 Å². The molecule has 1 aliphatic rings. The van der Waals surface area contributed by atoms with Gasteiger partial charge in [-0.2, -0.15) is 0 Å². The van der Waals surface area contributed by atoms with E-state index < -0.39 is 6.10 Å². The molecule has 1 amide bonds. The van der Waals surface area contributed by atoms with Gasteiger partial charge >= 0.3 is 0 Å². The van der Waals surface area contributed by atoms with Crippen LogP contribution in [-0.2, 0) is 23.0 Å². The molecule has 0 aliphatic carbocycles. The highest BCUT2D eigenvalue weighted by molar-refractivity contribution is 5.81. The number of imidazole rings is 1. The van der Waals surface area contributed by atoms with E-state index >= 15 is 0 Å². The van der Waals surface area contributed by atoms with Crippen molar-refractivity contribution in [2.45, 2.75) is 12.5 Å². The summed E-state index contributed by atoms with van der Waals surface area (Å²) < 4.78 is 20.9. The first-order valence-corrected chi connectivity index (χ1v) is 7.36. The van der Waals surface area contributed by atoms with E-state index in [9.17, 15) is 9.18 Å². The highest BCUT2D eigenvalue weighted by atomic mass is 19.1. The number of ether oxygens (including phenoxy) is 1. The van der Waals surface area contributed by atoms with Crippen LogP contribution in [0.5, 0.6) is 0 Å². The number of para-hydroxylation sites is 1. The average molecular weight is 306 g/mol. The first kappa shape index (κ1) is 14.9. The van der Waals surface area contributed by atoms with Crippen LogP contribution < -0.4 is 10.6 Å². The van der Waals surface area contributed by atoms with Gasteiger partial charge in [0.1, 0.15) is 17.4 Å². The minimum absolute atomic E-state index is 0.128. The molecule has 0 bridgehead atoms. The molecule has 1 fully saturated rings. The summed E-state index contributed by atoms with van der Waals surface area (Å²) in [6.45, 7) is 2.29. The molecular weight excluding hydrogens is 287 g/mol. The van der Waals surface area contributed by atoms with Gasteiger partial charge in [0.25, 0.3) is 0 Å². The molecule has 22 heavy (non-hydrogen) atoms. The summed E-state index contributed by atoms with van der Waals surface area (Å²) >= 11 is 0. The molecule has 2 heterocycles. The molecule has 7 heteroatoms. The monoisotopic (exact) mass is 306 g/mol. The van der Waals surface area contributed by atoms with Crippen LogP contribution in [0.25, 0.3) is 11.0 Å². The summed E-state index contributed by atoms with van der Waals surface area (Å²) in [6, 6.07) is 4.89. The van der Waals surface area contributed by atoms with E-state index in [2.05, 4.69) is 15.6 Å². The van der Waals surface area contributed by atoms with Gasteiger partial charge in [0.15, 0.2) is 5.82 Å². The topological polar surface area (TPSA) is 68.2 Å². The second kappa shape index (κ2) is 6.41. The molecular formula is C15H19FN4O2. The molecule has 3 rings (SSSR count). The lowest BCUT2D eigenvalue weighted by Gasteiger charge is -2.22. The Kier molecular flexibility index (Phi) is 4.35. The van der Waals surface area contributed by atoms with E-state index in [0.29, 0.717) is 31.6 Å². The number of aromatic nitrogens is 2. The summed E-state index contributed by atoms with van der Waals surface area (Å²) in [4.78, 5) is 16.3. The van der Waals surface area contributed by atoms with Gasteiger partial charge in [0.2, 0.25) is 5.91 Å². The van der Waals surface area contributed by atoms with Crippen molar-refractivity contribution in [2.75, 3.05) is 26.2 Å². The minimum atomic E-state index is -0.438. The Morgan fingerprint density at radius 3 is 3.18 bits per heavy atom. The number of hydrogen-bond donors (Lipinski definition) is 2. The molecule has 0 saturated carbocycles. The van der Waals surface area contributed by atoms with Crippen LogP contribution in [0.2, 0.25) is 0 Å². The molecule has 1 saturated heterocycles. The molecule has 1 atom stereocenters. The number of amides is 1. The van der Waals surface area contributed by atoms with Gasteiger partial charge in [-0.25, -0.2) is 9.37 Å². The number of halogens is 1. The van der Waals surface area contributed by atoms with Gasteiger partial charge < -0.3 is 19.9 Å². The SMILES string of the molecule is Cn1c(CCNC(=O)[C@@H]2CNCCO2)nc2c(F)cccc21. The average Bonchev–Trinajstić information content (AvgIpc) is 2.86. The van der Waals surface area contributed by atoms with Gasteiger partial charge in [-0.3, -0.25) is 4.79 Å². The van der Waals surface area contributed by atoms with E-state index in [0.717, 1.165) is 17.9 Å². The van der Waals surface area contributed by atoms with E-state index in [1.807, 2.05) is 17.7 Å². The number of nitrogens with one attached hydrogen (secondary N) is 2. The number of carbonyl (C=O) groups excluding carboxylic acids is 1. The smallest absolute Gasteiger partial charge is 0.250 e. The number of fused-ring (bicyclic) bond motifs is 1. The Balaban J connectivity index is 1.61. The Morgan fingerprint density at radius 1 is 1.59 bits per heavy atom. The molecule has 118 valence electrons. The van der Waals surface area contributed by atoms with Crippen molar-refractivity contribution in [3.05, 3.63) is 29.8 Å². The zero-order chi connectivity index (χ0) is 15.5. The molecule has 1 aromatic carbocycles. The van der Waals surface area contributed by atoms with Crippen molar-refractivity contribution in [1.29, 1.82) is 0 Å². The number of nitrogens with zero attached hydrogens (tertiary/aromatic N) is 2. The second-order valence-electron chi connectivity index (χ2n) is 5.30. The van der Waals surface area contributed by atoms with Crippen LogP contribution in [0.3, 0.4) is 0 Å². The van der Waals surface area contributed by atoms with E-state index in [1.54, 1.807) is 6.07 Å². The molecule has 1 aliphatic heterocycles. The predicted octanol–water partition coefficient (Wildman–Crippen LogP) is 0.359. The van der Waals surface area contributed by atoms with Gasteiger partial charge in [-0.1, -0.05) is 6.07 Å². The van der Waals surface area contributed by atoms with Crippen molar-refractivity contribution >= 4 is 16.9 Å². The van der Waals surface area contributed by atoms with Crippen LogP contribution in [0.1, 0.15) is 5.82 Å². The molecule has 0 spiro atoms. The van der Waals surface area contributed by atoms with Gasteiger partial charge in [-0.15, -0.1) is 0 Å². The Labute approximate surface area is 127 Å². The number of aryl methyl sites for hydroxylation is 1. The lowest BCUT2D eigenvalue weighted by molar-refractivity contribution is -0.134. The van der Waals surface area contributed by atoms with Crippen LogP contribution in [0, 0.1) is 5.82 Å². The van der Waals surface area contributed by atoms with Gasteiger partial charge in [0.05, 0.1) is 12.1 Å². The number of hydrogen-bond acceptors (Lipinski definition) is 4. The van der Waals surface area contributed by atoms with Crippen molar-refractivity contribution in [1.82, 2.24) is 20.2 Å². The minimum Gasteiger partial charge on any atom is -0.366 e. The summed E-state index contributed by atoms with van der Waals surface area (Å²) in [6.07, 6.45) is 0.0999. The van der Waals surface area contributed by atoms with E-state index in [4.69, 9.17) is 4.74 Å². The Bertz CT molecular complexity index is 679. The summed E-state index contributed by atoms with van der Waals surface area (Å²) in [5.41, 5.74) is 1.12. The Hall–Kier alpha value is -1.99. The predicted molar refractivity (Wildman–Crippen MR) is 80.0 cm³/mol. The van der Waals surface area contributed by atoms with E-state index in [1.165, 1.54) is 6.07 Å². The van der Waals surface area contributed by atoms with Crippen molar-refractivity contribution in [2.24, 2.45) is 7.05 Å². The molecule has 6 nitrogen and oxygen atoms in total. The standard InChI is InChI=1S/C15H19FN4O2/c1-20-11-4-2-3-10(16)14(11)19-13(20)5-6-18-15(21)12-9-17-7-8-22-12/h2-4,12,17H,5-9H2,1H3,(H,18,21)/t12-/m0/s1. The first-order chi connectivity index (χ1) is 10.7. The second-order valence-corrected chi connectivity index (χ2v) is 5.30. The number of benzene rings is 1. The zero-order valence-corrected chi connectivity index (χ0v) is 12.4. The highest BCUT2D eigenvalue weighted by Gasteiger charge is 2.21. The van der Waals surface area contributed by atoms with Gasteiger partial charge in [-0.05, 0) is 12.1 Å². The molecule has 1 aromatic heterocycles. The lowest BCUT2D eigenvalue weighted by atomic mass is 10.3. The molecule has 2 N–H and O–H groups in total. The summed E-state index contributed by atoms with van der Waals surface area (Å²) in [5.74, 6) is 0.283. The fourth-order valence-corrected chi connectivity index (χ4v) is 2.60. The van der Waals surface area contributed by atoms with E-state index in [-0.39, 0.29) is 11.7 Å². The maximum Gasteiger partial charge on any atom is 0.250 e. The highest BCUT2D eigenvalue weighted by Crippen LogP contribution is 2.17. The summed E-state index contributed by atoms with van der Waals surface area (Å²) in [7, 11) is 1.85. The molecule has 0 radical (unpaired) electrons. The maximum atomic E-state index is 13.7. The van der Waals surface area contributed by atoms with Crippen molar-refractivity contribution < 1.29 is 13.9 Å². The van der Waals surface area contributed by atoms with Crippen LogP contribution in [-0.4, -0.2) is 47.8 Å². The third-order valence-corrected chi connectivity index (χ3v) is 3.82. The summed E-state index contributed by atoms with van der Waals surface area (Å²) in [5, 5.41) is 5.95. The molecule has 2 aromatic rings. The van der Waals surface area contributed by atoms with Crippen molar-refractivity contribution in [3.63, 3.8) is 0 Å². The normalized spacial score (nSPS) is 18.5. The van der Waals surface area contributed by atoms with Crippen molar-refractivity contribution in [3.8, 4) is 0 Å².